The highest BCUT2D eigenvalue weighted by atomic mass is 16.7. The van der Waals surface area contributed by atoms with Gasteiger partial charge in [-0.15, -0.1) is 0 Å². The summed E-state index contributed by atoms with van der Waals surface area (Å²) in [6, 6.07) is 0. The number of hydrogen-bond acceptors (Lipinski definition) is 14. The Labute approximate surface area is 332 Å². The number of ether oxygens (including phenoxy) is 12. The molecule has 0 aromatic rings. The van der Waals surface area contributed by atoms with E-state index in [1.807, 2.05) is 0 Å². The second kappa shape index (κ2) is 10.5. The van der Waals surface area contributed by atoms with Crippen molar-refractivity contribution in [2.75, 3.05) is 66.1 Å². The zero-order valence-electron chi connectivity index (χ0n) is 33.8. The molecule has 12 fully saturated rings. The first kappa shape index (κ1) is 36.8. The van der Waals surface area contributed by atoms with E-state index in [0.717, 1.165) is 0 Å². The molecule has 14 nitrogen and oxygen atoms in total. The van der Waals surface area contributed by atoms with Crippen LogP contribution >= 0.6 is 0 Å². The number of carbonyl (C=O) groups is 2. The summed E-state index contributed by atoms with van der Waals surface area (Å²) in [6.45, 7) is 19.5. The molecule has 14 heteroatoms. The van der Waals surface area contributed by atoms with Crippen LogP contribution in [0.4, 0.5) is 0 Å². The Balaban J connectivity index is 1.17. The summed E-state index contributed by atoms with van der Waals surface area (Å²) in [6.07, 6.45) is 4.82. The maximum Gasteiger partial charge on any atom is 0.333 e. The largest absolute Gasteiger partial charge is 0.449 e. The topological polar surface area (TPSA) is 145 Å². The number of esters is 2. The van der Waals surface area contributed by atoms with Gasteiger partial charge >= 0.3 is 11.9 Å². The molecule has 57 heavy (non-hydrogen) atoms. The SMILES string of the molecule is C=C(C)C(=O)OC12CCOC13CCOC31CCOC1(C(C)(C)C13OCCC14OCCC41OCCC1(OC(=O)C(=C)C)C1(CCO1)C31CCO1)C1(CCO1)C21CCO1. The maximum atomic E-state index is 14.0. The maximum absolute atomic E-state index is 14.0. The van der Waals surface area contributed by atoms with E-state index < -0.39 is 84.6 Å². The van der Waals surface area contributed by atoms with Crippen LogP contribution in [0.25, 0.3) is 0 Å². The third-order valence-electron chi connectivity index (χ3n) is 18.5. The molecule has 0 aromatic carbocycles. The minimum atomic E-state index is -1.38. The fourth-order valence-corrected chi connectivity index (χ4v) is 17.2. The van der Waals surface area contributed by atoms with E-state index in [1.165, 1.54) is 0 Å². The first-order valence-corrected chi connectivity index (χ1v) is 21.4. The number of rotatable bonds is 6. The summed E-state index contributed by atoms with van der Waals surface area (Å²) >= 11 is 0. The van der Waals surface area contributed by atoms with Gasteiger partial charge in [-0.05, 0) is 13.8 Å². The lowest BCUT2D eigenvalue weighted by Crippen LogP contribution is -3.04. The van der Waals surface area contributed by atoms with Gasteiger partial charge in [0.05, 0.1) is 66.1 Å². The summed E-state index contributed by atoms with van der Waals surface area (Å²) in [4.78, 5) is 28.0. The predicted molar refractivity (Wildman–Crippen MR) is 194 cm³/mol. The molecule has 312 valence electrons. The monoisotopic (exact) mass is 796 g/mol. The Morgan fingerprint density at radius 2 is 0.632 bits per heavy atom. The molecule has 12 aliphatic rings. The highest BCUT2D eigenvalue weighted by Crippen LogP contribution is 2.86. The van der Waals surface area contributed by atoms with Gasteiger partial charge in [0.2, 0.25) is 0 Å². The first-order valence-electron chi connectivity index (χ1n) is 21.4. The minimum absolute atomic E-state index is 0.297. The molecule has 8 spiro atoms. The van der Waals surface area contributed by atoms with E-state index in [0.29, 0.717) is 141 Å². The summed E-state index contributed by atoms with van der Waals surface area (Å²) < 4.78 is 87.0. The normalized spacial score (nSPS) is 55.8. The Morgan fingerprint density at radius 1 is 0.404 bits per heavy atom. The van der Waals surface area contributed by atoms with E-state index in [4.69, 9.17) is 56.8 Å². The van der Waals surface area contributed by atoms with E-state index in [1.54, 1.807) is 13.8 Å². The van der Waals surface area contributed by atoms with E-state index >= 15 is 0 Å². The lowest BCUT2D eigenvalue weighted by atomic mass is 9.30. The van der Waals surface area contributed by atoms with Crippen LogP contribution in [0.2, 0.25) is 0 Å². The third-order valence-corrected chi connectivity index (χ3v) is 18.5. The molecular weight excluding hydrogens is 740 g/mol. The Hall–Kier alpha value is -1.98. The zero-order valence-corrected chi connectivity index (χ0v) is 33.8. The highest BCUT2D eigenvalue weighted by Gasteiger charge is 3.06. The lowest BCUT2D eigenvalue weighted by Gasteiger charge is -2.84. The molecule has 0 amide bonds. The molecule has 10 aliphatic heterocycles. The zero-order chi connectivity index (χ0) is 39.4. The second-order valence-electron chi connectivity index (χ2n) is 19.6. The minimum Gasteiger partial charge on any atom is -0.449 e. The Bertz CT molecular complexity index is 1750. The molecule has 12 unspecified atom stereocenters. The summed E-state index contributed by atoms with van der Waals surface area (Å²) in [5, 5.41) is 0. The average molecular weight is 797 g/mol. The van der Waals surface area contributed by atoms with Crippen molar-refractivity contribution >= 4 is 11.9 Å². The average Bonchev–Trinajstić information content (AvgIpc) is 3.94. The van der Waals surface area contributed by atoms with Gasteiger partial charge < -0.3 is 56.8 Å². The van der Waals surface area contributed by atoms with Crippen LogP contribution in [-0.2, 0) is 66.4 Å². The summed E-state index contributed by atoms with van der Waals surface area (Å²) in [7, 11) is 0. The molecule has 10 saturated heterocycles. The van der Waals surface area contributed by atoms with Gasteiger partial charge in [0.25, 0.3) is 0 Å². The van der Waals surface area contributed by atoms with E-state index in [2.05, 4.69) is 27.0 Å². The van der Waals surface area contributed by atoms with Gasteiger partial charge in [0.1, 0.15) is 56.0 Å². The molecule has 0 radical (unpaired) electrons. The van der Waals surface area contributed by atoms with Crippen LogP contribution in [0.1, 0.15) is 91.9 Å². The Kier molecular flexibility index (Phi) is 6.81. The van der Waals surface area contributed by atoms with Crippen LogP contribution in [0.15, 0.2) is 24.3 Å². The Morgan fingerprint density at radius 3 is 0.912 bits per heavy atom. The van der Waals surface area contributed by atoms with Gasteiger partial charge in [0, 0.05) is 80.8 Å². The third kappa shape index (κ3) is 2.97. The van der Waals surface area contributed by atoms with Crippen molar-refractivity contribution in [3.05, 3.63) is 24.3 Å². The van der Waals surface area contributed by atoms with Gasteiger partial charge in [0.15, 0.2) is 11.2 Å². The molecule has 2 aliphatic carbocycles. The van der Waals surface area contributed by atoms with Crippen molar-refractivity contribution in [2.45, 2.75) is 159 Å². The molecule has 2 saturated carbocycles. The molecule has 0 N–H and O–H groups in total. The molecule has 12 rings (SSSR count). The standard InChI is InChI=1S/C43H56O14/c1-27(2)29(44)56-36-11-21-48-34(36)9-19-50-40(34)15-25-54-42(40,38(13-23-52-38)32(36)7-17-46-32)31(5,6)43-39(14-24-53-39)33(8-18-47-33)37(57-30(45)28(3)4)12-22-49-35(37)10-20-51-41(35,43)16-26-55-43/h1,3,7-26H2,2,4-6H3. The summed E-state index contributed by atoms with van der Waals surface area (Å²) in [5.41, 5.74) is -15.4. The number of carbonyl (C=O) groups excluding carboxylic acids is 2. The highest BCUT2D eigenvalue weighted by molar-refractivity contribution is 5.88. The van der Waals surface area contributed by atoms with Crippen LogP contribution < -0.4 is 0 Å². The lowest BCUT2D eigenvalue weighted by molar-refractivity contribution is -0.520. The van der Waals surface area contributed by atoms with Gasteiger partial charge in [-0.3, -0.25) is 0 Å². The first-order chi connectivity index (χ1) is 27.2. The van der Waals surface area contributed by atoms with Crippen LogP contribution in [0.3, 0.4) is 0 Å². The van der Waals surface area contributed by atoms with Crippen molar-refractivity contribution in [2.24, 2.45) is 5.41 Å². The van der Waals surface area contributed by atoms with Crippen LogP contribution in [-0.4, -0.2) is 145 Å². The molecule has 12 atom stereocenters. The van der Waals surface area contributed by atoms with Crippen molar-refractivity contribution in [1.82, 2.24) is 0 Å². The second-order valence-corrected chi connectivity index (χ2v) is 19.6. The molecular formula is C43H56O14. The van der Waals surface area contributed by atoms with Crippen LogP contribution in [0.5, 0.6) is 0 Å². The van der Waals surface area contributed by atoms with Crippen molar-refractivity contribution in [3.8, 4) is 0 Å². The van der Waals surface area contributed by atoms with Crippen molar-refractivity contribution in [3.63, 3.8) is 0 Å². The number of hydrogen-bond donors (Lipinski definition) is 0. The molecule has 0 bridgehead atoms. The van der Waals surface area contributed by atoms with E-state index in [-0.39, 0.29) is 0 Å². The molecule has 10 heterocycles. The fraction of sp³-hybridized carbons (Fsp3) is 0.860. The molecule has 0 aromatic heterocycles. The number of fused-ring (bicyclic) bond motifs is 6. The summed E-state index contributed by atoms with van der Waals surface area (Å²) in [5.74, 6) is -0.987. The van der Waals surface area contributed by atoms with E-state index in [9.17, 15) is 9.59 Å². The quantitative estimate of drug-likeness (QED) is 0.286. The fourth-order valence-electron chi connectivity index (χ4n) is 17.2. The van der Waals surface area contributed by atoms with Gasteiger partial charge in [-0.25, -0.2) is 9.59 Å². The van der Waals surface area contributed by atoms with Crippen molar-refractivity contribution < 1.29 is 66.4 Å². The predicted octanol–water partition coefficient (Wildman–Crippen LogP) is 3.35. The van der Waals surface area contributed by atoms with Crippen LogP contribution in [0, 0.1) is 5.41 Å². The van der Waals surface area contributed by atoms with Crippen molar-refractivity contribution in [1.29, 1.82) is 0 Å². The van der Waals surface area contributed by atoms with Gasteiger partial charge in [-0.2, -0.15) is 0 Å². The smallest absolute Gasteiger partial charge is 0.333 e. The van der Waals surface area contributed by atoms with Gasteiger partial charge in [-0.1, -0.05) is 27.0 Å².